The standard InChI is InChI=1S/C24H21BrF3N3O3S/c1-16-9-11-22(12-10-16)35(33,34)31(21-8-4-6-19(14-21)24(26,27)28)15-23(32)30-29-17(2)18-5-3-7-20(25)13-18/h3-14H,15H2,1-2H3,(H,30,32)/b29-17-. The SMILES string of the molecule is C/C(=N/NC(=O)CN(c1cccc(C(F)(F)F)c1)S(=O)(=O)c1ccc(C)cc1)c1cccc(Br)c1. The Kier molecular flexibility index (Phi) is 8.01. The third kappa shape index (κ3) is 6.70. The van der Waals surface area contributed by atoms with E-state index in [0.717, 1.165) is 22.2 Å². The smallest absolute Gasteiger partial charge is 0.271 e. The number of hydrogen-bond acceptors (Lipinski definition) is 4. The second-order valence-electron chi connectivity index (χ2n) is 7.62. The third-order valence-electron chi connectivity index (χ3n) is 4.95. The van der Waals surface area contributed by atoms with Crippen LogP contribution in [0.5, 0.6) is 0 Å². The number of rotatable bonds is 7. The van der Waals surface area contributed by atoms with Gasteiger partial charge in [-0.05, 0) is 61.9 Å². The van der Waals surface area contributed by atoms with E-state index >= 15 is 0 Å². The molecule has 11 heteroatoms. The van der Waals surface area contributed by atoms with Gasteiger partial charge in [0, 0.05) is 4.47 Å². The van der Waals surface area contributed by atoms with Crippen LogP contribution in [0.25, 0.3) is 0 Å². The summed E-state index contributed by atoms with van der Waals surface area (Å²) < 4.78 is 68.0. The normalized spacial score (nSPS) is 12.3. The van der Waals surface area contributed by atoms with Gasteiger partial charge in [-0.2, -0.15) is 18.3 Å². The van der Waals surface area contributed by atoms with Crippen LogP contribution >= 0.6 is 15.9 Å². The minimum atomic E-state index is -4.69. The van der Waals surface area contributed by atoms with E-state index in [2.05, 4.69) is 26.5 Å². The van der Waals surface area contributed by atoms with Gasteiger partial charge in [-0.3, -0.25) is 9.10 Å². The molecule has 184 valence electrons. The van der Waals surface area contributed by atoms with E-state index in [1.807, 2.05) is 6.07 Å². The molecule has 3 aromatic carbocycles. The largest absolute Gasteiger partial charge is 0.416 e. The van der Waals surface area contributed by atoms with E-state index in [9.17, 15) is 26.4 Å². The Morgan fingerprint density at radius 1 is 1.03 bits per heavy atom. The molecule has 1 amide bonds. The molecule has 0 unspecified atom stereocenters. The number of hydrogen-bond donors (Lipinski definition) is 1. The van der Waals surface area contributed by atoms with Gasteiger partial charge in [0.15, 0.2) is 0 Å². The maximum absolute atomic E-state index is 13.4. The van der Waals surface area contributed by atoms with Crippen molar-refractivity contribution in [2.24, 2.45) is 5.10 Å². The number of benzene rings is 3. The summed E-state index contributed by atoms with van der Waals surface area (Å²) in [4.78, 5) is 12.5. The van der Waals surface area contributed by atoms with Gasteiger partial charge in [0.25, 0.3) is 15.9 Å². The molecule has 1 N–H and O–H groups in total. The first-order chi connectivity index (χ1) is 16.4. The highest BCUT2D eigenvalue weighted by atomic mass is 79.9. The lowest BCUT2D eigenvalue weighted by Gasteiger charge is -2.24. The summed E-state index contributed by atoms with van der Waals surface area (Å²) in [6, 6.07) is 16.7. The molecule has 0 bridgehead atoms. The number of halogens is 4. The number of anilines is 1. The zero-order valence-electron chi connectivity index (χ0n) is 18.7. The highest BCUT2D eigenvalue weighted by Crippen LogP contribution is 2.33. The van der Waals surface area contributed by atoms with E-state index in [0.29, 0.717) is 21.6 Å². The monoisotopic (exact) mass is 567 g/mol. The number of sulfonamides is 1. The number of alkyl halides is 3. The Balaban J connectivity index is 1.95. The molecule has 6 nitrogen and oxygen atoms in total. The van der Waals surface area contributed by atoms with Crippen LogP contribution in [-0.2, 0) is 21.0 Å². The lowest BCUT2D eigenvalue weighted by molar-refractivity contribution is -0.137. The Morgan fingerprint density at radius 3 is 2.31 bits per heavy atom. The Labute approximate surface area is 209 Å². The molecule has 0 aliphatic heterocycles. The van der Waals surface area contributed by atoms with Gasteiger partial charge in [0.05, 0.1) is 21.9 Å². The number of hydrazone groups is 1. The molecule has 0 saturated carbocycles. The second-order valence-corrected chi connectivity index (χ2v) is 10.4. The minimum absolute atomic E-state index is 0.165. The van der Waals surface area contributed by atoms with Gasteiger partial charge in [-0.15, -0.1) is 0 Å². The van der Waals surface area contributed by atoms with Crippen LogP contribution in [0.2, 0.25) is 0 Å². The fourth-order valence-electron chi connectivity index (χ4n) is 3.08. The second kappa shape index (κ2) is 10.6. The number of carbonyl (C=O) groups excluding carboxylic acids is 1. The molecule has 0 radical (unpaired) electrons. The predicted molar refractivity (Wildman–Crippen MR) is 132 cm³/mol. The van der Waals surface area contributed by atoms with Crippen LogP contribution in [0.4, 0.5) is 18.9 Å². The first-order valence-electron chi connectivity index (χ1n) is 10.2. The summed E-state index contributed by atoms with van der Waals surface area (Å²) >= 11 is 3.34. The molecule has 0 atom stereocenters. The molecular weight excluding hydrogens is 547 g/mol. The number of carbonyl (C=O) groups is 1. The minimum Gasteiger partial charge on any atom is -0.271 e. The van der Waals surface area contributed by atoms with Gasteiger partial charge in [0.1, 0.15) is 6.54 Å². The zero-order chi connectivity index (χ0) is 25.8. The summed E-state index contributed by atoms with van der Waals surface area (Å²) in [6.07, 6.45) is -4.69. The first-order valence-corrected chi connectivity index (χ1v) is 12.5. The van der Waals surface area contributed by atoms with Crippen molar-refractivity contribution in [2.75, 3.05) is 10.8 Å². The van der Waals surface area contributed by atoms with Crippen molar-refractivity contribution in [3.8, 4) is 0 Å². The Bertz CT molecular complexity index is 1360. The van der Waals surface area contributed by atoms with E-state index in [-0.39, 0.29) is 10.6 Å². The van der Waals surface area contributed by atoms with Gasteiger partial charge in [-0.25, -0.2) is 13.8 Å². The van der Waals surface area contributed by atoms with E-state index in [4.69, 9.17) is 0 Å². The van der Waals surface area contributed by atoms with E-state index in [1.54, 1.807) is 44.2 Å². The summed E-state index contributed by atoms with van der Waals surface area (Å²) in [5.41, 5.74) is 2.90. The first kappa shape index (κ1) is 26.4. The quantitative estimate of drug-likeness (QED) is 0.302. The molecule has 0 heterocycles. The zero-order valence-corrected chi connectivity index (χ0v) is 21.1. The predicted octanol–water partition coefficient (Wildman–Crippen LogP) is 5.51. The van der Waals surface area contributed by atoms with Crippen molar-refractivity contribution < 1.29 is 26.4 Å². The molecule has 0 aliphatic carbocycles. The van der Waals surface area contributed by atoms with Crippen molar-refractivity contribution in [1.29, 1.82) is 0 Å². The van der Waals surface area contributed by atoms with Crippen LogP contribution in [0, 0.1) is 6.92 Å². The molecule has 0 saturated heterocycles. The fraction of sp³-hybridized carbons (Fsp3) is 0.167. The highest BCUT2D eigenvalue weighted by Gasteiger charge is 2.33. The average Bonchev–Trinajstić information content (AvgIpc) is 2.80. The number of nitrogens with one attached hydrogen (secondary N) is 1. The van der Waals surface area contributed by atoms with Crippen molar-refractivity contribution in [1.82, 2.24) is 5.43 Å². The lowest BCUT2D eigenvalue weighted by Crippen LogP contribution is -2.40. The van der Waals surface area contributed by atoms with Gasteiger partial charge < -0.3 is 0 Å². The van der Waals surface area contributed by atoms with Crippen LogP contribution < -0.4 is 9.73 Å². The molecule has 0 aliphatic rings. The topological polar surface area (TPSA) is 78.8 Å². The number of amides is 1. The molecule has 0 spiro atoms. The maximum Gasteiger partial charge on any atom is 0.416 e. The summed E-state index contributed by atoms with van der Waals surface area (Å²) in [5.74, 6) is -0.826. The highest BCUT2D eigenvalue weighted by molar-refractivity contribution is 9.10. The average molecular weight is 568 g/mol. The van der Waals surface area contributed by atoms with Crippen LogP contribution in [0.1, 0.15) is 23.6 Å². The maximum atomic E-state index is 13.4. The number of nitrogens with zero attached hydrogens (tertiary/aromatic N) is 2. The summed E-state index contributed by atoms with van der Waals surface area (Å²) in [5, 5.41) is 4.00. The van der Waals surface area contributed by atoms with Crippen LogP contribution in [0.15, 0.2) is 87.3 Å². The van der Waals surface area contributed by atoms with E-state index < -0.39 is 34.2 Å². The number of aryl methyl sites for hydroxylation is 1. The van der Waals surface area contributed by atoms with Crippen molar-refractivity contribution in [3.63, 3.8) is 0 Å². The summed E-state index contributed by atoms with van der Waals surface area (Å²) in [7, 11) is -4.37. The Hall–Kier alpha value is -3.18. The summed E-state index contributed by atoms with van der Waals surface area (Å²) in [6.45, 7) is 2.63. The molecular formula is C24H21BrF3N3O3S. The molecule has 3 rings (SSSR count). The van der Waals surface area contributed by atoms with Crippen LogP contribution in [-0.4, -0.2) is 26.6 Å². The van der Waals surface area contributed by atoms with Gasteiger partial charge in [0.2, 0.25) is 0 Å². The van der Waals surface area contributed by atoms with Gasteiger partial charge in [-0.1, -0.05) is 51.8 Å². The van der Waals surface area contributed by atoms with Crippen LogP contribution in [0.3, 0.4) is 0 Å². The third-order valence-corrected chi connectivity index (χ3v) is 7.23. The fourth-order valence-corrected chi connectivity index (χ4v) is 4.89. The van der Waals surface area contributed by atoms with Crippen molar-refractivity contribution >= 4 is 43.3 Å². The van der Waals surface area contributed by atoms with Gasteiger partial charge >= 0.3 is 6.18 Å². The molecule has 3 aromatic rings. The molecule has 0 fully saturated rings. The van der Waals surface area contributed by atoms with E-state index in [1.165, 1.54) is 18.2 Å². The molecule has 0 aromatic heterocycles. The van der Waals surface area contributed by atoms with Crippen molar-refractivity contribution in [2.45, 2.75) is 24.9 Å². The van der Waals surface area contributed by atoms with Crippen molar-refractivity contribution in [3.05, 3.63) is 94.0 Å². The molecule has 35 heavy (non-hydrogen) atoms. The Morgan fingerprint density at radius 2 is 1.69 bits per heavy atom. The lowest BCUT2D eigenvalue weighted by atomic mass is 10.1.